The summed E-state index contributed by atoms with van der Waals surface area (Å²) in [5.41, 5.74) is 3.43. The quantitative estimate of drug-likeness (QED) is 0.759. The lowest BCUT2D eigenvalue weighted by molar-refractivity contribution is -0.143. The molecule has 0 aromatic heterocycles. The summed E-state index contributed by atoms with van der Waals surface area (Å²) in [5.74, 6) is -1.08. The molecule has 6 nitrogen and oxygen atoms in total. The molecule has 0 spiro atoms. The van der Waals surface area contributed by atoms with Crippen molar-refractivity contribution < 1.29 is 23.5 Å². The minimum absolute atomic E-state index is 0.0508. The summed E-state index contributed by atoms with van der Waals surface area (Å²) in [5, 5.41) is 2.49. The van der Waals surface area contributed by atoms with E-state index in [1.165, 1.54) is 32.2 Å². The van der Waals surface area contributed by atoms with Crippen LogP contribution >= 0.6 is 0 Å². The Morgan fingerprint density at radius 1 is 1.40 bits per heavy atom. The SMILES string of the molecule is COC(C)(C(=O)NCCOC(N)=O)c1ccccc1F. The molecule has 0 aliphatic rings. The van der Waals surface area contributed by atoms with Crippen molar-refractivity contribution in [1.82, 2.24) is 5.32 Å². The number of carbonyl (C=O) groups is 2. The number of hydrogen-bond acceptors (Lipinski definition) is 4. The monoisotopic (exact) mass is 284 g/mol. The van der Waals surface area contributed by atoms with Gasteiger partial charge in [-0.25, -0.2) is 9.18 Å². The van der Waals surface area contributed by atoms with Gasteiger partial charge < -0.3 is 20.5 Å². The molecule has 0 saturated heterocycles. The Morgan fingerprint density at radius 3 is 2.60 bits per heavy atom. The molecule has 1 rings (SSSR count). The molecule has 1 atom stereocenters. The summed E-state index contributed by atoms with van der Waals surface area (Å²) in [6.07, 6.45) is -0.928. The van der Waals surface area contributed by atoms with Crippen LogP contribution in [0.5, 0.6) is 0 Å². The lowest BCUT2D eigenvalue weighted by Crippen LogP contribution is -2.45. The smallest absolute Gasteiger partial charge is 0.404 e. The van der Waals surface area contributed by atoms with Crippen molar-refractivity contribution in [3.63, 3.8) is 0 Å². The number of nitrogens with two attached hydrogens (primary N) is 1. The van der Waals surface area contributed by atoms with Crippen LogP contribution in [0.2, 0.25) is 0 Å². The molecule has 1 unspecified atom stereocenters. The lowest BCUT2D eigenvalue weighted by Gasteiger charge is -2.27. The van der Waals surface area contributed by atoms with Crippen LogP contribution in [-0.2, 0) is 19.9 Å². The molecule has 20 heavy (non-hydrogen) atoms. The summed E-state index contributed by atoms with van der Waals surface area (Å²) in [7, 11) is 1.31. The number of hydrogen-bond donors (Lipinski definition) is 2. The first-order valence-corrected chi connectivity index (χ1v) is 5.92. The number of methoxy groups -OCH3 is 1. The van der Waals surface area contributed by atoms with E-state index in [2.05, 4.69) is 10.1 Å². The predicted molar refractivity (Wildman–Crippen MR) is 69.3 cm³/mol. The average Bonchev–Trinajstić information content (AvgIpc) is 2.42. The Morgan fingerprint density at radius 2 is 2.05 bits per heavy atom. The van der Waals surface area contributed by atoms with Crippen LogP contribution in [0, 0.1) is 5.82 Å². The Balaban J connectivity index is 2.76. The third-order valence-electron chi connectivity index (χ3n) is 2.86. The highest BCUT2D eigenvalue weighted by Crippen LogP contribution is 2.27. The van der Waals surface area contributed by atoms with Gasteiger partial charge in [-0.2, -0.15) is 0 Å². The normalized spacial score (nSPS) is 13.3. The largest absolute Gasteiger partial charge is 0.448 e. The van der Waals surface area contributed by atoms with Gasteiger partial charge in [-0.05, 0) is 13.0 Å². The molecular weight excluding hydrogens is 267 g/mol. The summed E-state index contributed by atoms with van der Waals surface area (Å²) in [6, 6.07) is 5.85. The van der Waals surface area contributed by atoms with Crippen molar-refractivity contribution in [2.24, 2.45) is 5.73 Å². The van der Waals surface area contributed by atoms with Crippen LogP contribution in [0.1, 0.15) is 12.5 Å². The minimum Gasteiger partial charge on any atom is -0.448 e. The molecule has 0 radical (unpaired) electrons. The molecule has 0 bridgehead atoms. The topological polar surface area (TPSA) is 90.7 Å². The first kappa shape index (κ1) is 15.9. The van der Waals surface area contributed by atoms with E-state index in [1.54, 1.807) is 6.07 Å². The van der Waals surface area contributed by atoms with E-state index in [9.17, 15) is 14.0 Å². The van der Waals surface area contributed by atoms with Gasteiger partial charge in [0.05, 0.1) is 6.54 Å². The van der Waals surface area contributed by atoms with Crippen LogP contribution in [0.15, 0.2) is 24.3 Å². The van der Waals surface area contributed by atoms with Gasteiger partial charge in [-0.1, -0.05) is 18.2 Å². The number of benzene rings is 1. The Labute approximate surface area is 116 Å². The fourth-order valence-electron chi connectivity index (χ4n) is 1.66. The van der Waals surface area contributed by atoms with E-state index in [1.807, 2.05) is 0 Å². The number of amides is 2. The predicted octanol–water partition coefficient (Wildman–Crippen LogP) is 0.899. The van der Waals surface area contributed by atoms with Gasteiger partial charge in [0.25, 0.3) is 5.91 Å². The molecule has 7 heteroatoms. The van der Waals surface area contributed by atoms with E-state index in [0.29, 0.717) is 0 Å². The van der Waals surface area contributed by atoms with Crippen LogP contribution in [-0.4, -0.2) is 32.3 Å². The molecule has 0 fully saturated rings. The average molecular weight is 284 g/mol. The fourth-order valence-corrected chi connectivity index (χ4v) is 1.66. The molecule has 0 aliphatic carbocycles. The highest BCUT2D eigenvalue weighted by molar-refractivity contribution is 5.86. The molecule has 0 aliphatic heterocycles. The van der Waals surface area contributed by atoms with Crippen LogP contribution in [0.25, 0.3) is 0 Å². The second-order valence-electron chi connectivity index (χ2n) is 4.14. The Bertz CT molecular complexity index is 495. The van der Waals surface area contributed by atoms with Crippen LogP contribution in [0.3, 0.4) is 0 Å². The standard InChI is InChI=1S/C13H17FN2O4/c1-13(19-2,9-5-3-4-6-10(9)14)11(17)16-7-8-20-12(15)18/h3-6H,7-8H2,1-2H3,(H2,15,18)(H,16,17). The maximum Gasteiger partial charge on any atom is 0.404 e. The highest BCUT2D eigenvalue weighted by atomic mass is 19.1. The maximum absolute atomic E-state index is 13.8. The van der Waals surface area contributed by atoms with Gasteiger partial charge in [0.1, 0.15) is 12.4 Å². The van der Waals surface area contributed by atoms with E-state index in [4.69, 9.17) is 10.5 Å². The summed E-state index contributed by atoms with van der Waals surface area (Å²) < 4.78 is 23.4. The summed E-state index contributed by atoms with van der Waals surface area (Å²) >= 11 is 0. The van der Waals surface area contributed by atoms with Gasteiger partial charge in [0, 0.05) is 12.7 Å². The van der Waals surface area contributed by atoms with Gasteiger partial charge in [-0.3, -0.25) is 4.79 Å². The third-order valence-corrected chi connectivity index (χ3v) is 2.86. The Kier molecular flexibility index (Phi) is 5.45. The zero-order chi connectivity index (χ0) is 15.2. The maximum atomic E-state index is 13.8. The first-order valence-electron chi connectivity index (χ1n) is 5.92. The number of primary amides is 1. The van der Waals surface area contributed by atoms with E-state index in [0.717, 1.165) is 0 Å². The zero-order valence-electron chi connectivity index (χ0n) is 11.3. The van der Waals surface area contributed by atoms with E-state index >= 15 is 0 Å². The molecule has 3 N–H and O–H groups in total. The Hall–Kier alpha value is -2.15. The van der Waals surface area contributed by atoms with Crippen molar-refractivity contribution in [2.75, 3.05) is 20.3 Å². The van der Waals surface area contributed by atoms with Crippen LogP contribution in [0.4, 0.5) is 9.18 Å². The molecule has 1 aromatic rings. The van der Waals surface area contributed by atoms with Crippen LogP contribution < -0.4 is 11.1 Å². The highest BCUT2D eigenvalue weighted by Gasteiger charge is 2.37. The second-order valence-corrected chi connectivity index (χ2v) is 4.14. The van der Waals surface area contributed by atoms with Gasteiger partial charge in [0.2, 0.25) is 0 Å². The van der Waals surface area contributed by atoms with E-state index in [-0.39, 0.29) is 18.7 Å². The van der Waals surface area contributed by atoms with Gasteiger partial charge in [0.15, 0.2) is 5.60 Å². The zero-order valence-corrected chi connectivity index (χ0v) is 11.3. The second kappa shape index (κ2) is 6.85. The van der Waals surface area contributed by atoms with Crippen molar-refractivity contribution in [1.29, 1.82) is 0 Å². The molecule has 2 amide bonds. The number of halogens is 1. The van der Waals surface area contributed by atoms with E-state index < -0.39 is 23.4 Å². The molecule has 0 heterocycles. The summed E-state index contributed by atoms with van der Waals surface area (Å²) in [4.78, 5) is 22.5. The summed E-state index contributed by atoms with van der Waals surface area (Å²) in [6.45, 7) is 1.43. The first-order chi connectivity index (χ1) is 9.41. The molecular formula is C13H17FN2O4. The number of ether oxygens (including phenoxy) is 2. The number of rotatable bonds is 6. The molecule has 0 saturated carbocycles. The lowest BCUT2D eigenvalue weighted by atomic mass is 9.94. The fraction of sp³-hybridized carbons (Fsp3) is 0.385. The van der Waals surface area contributed by atoms with Gasteiger partial charge in [-0.15, -0.1) is 0 Å². The number of nitrogens with one attached hydrogen (secondary N) is 1. The number of carbonyl (C=O) groups excluding carboxylic acids is 2. The van der Waals surface area contributed by atoms with Crippen molar-refractivity contribution in [3.8, 4) is 0 Å². The molecule has 110 valence electrons. The van der Waals surface area contributed by atoms with Gasteiger partial charge >= 0.3 is 6.09 Å². The van der Waals surface area contributed by atoms with Crippen molar-refractivity contribution in [2.45, 2.75) is 12.5 Å². The molecule has 1 aromatic carbocycles. The van der Waals surface area contributed by atoms with Crippen molar-refractivity contribution in [3.05, 3.63) is 35.6 Å². The third kappa shape index (κ3) is 3.67. The van der Waals surface area contributed by atoms with Crippen molar-refractivity contribution >= 4 is 12.0 Å². The minimum atomic E-state index is -1.47.